The molecule has 30 heteroatoms. The summed E-state index contributed by atoms with van der Waals surface area (Å²) in [6.45, 7) is 12.4. The van der Waals surface area contributed by atoms with Crippen molar-refractivity contribution in [1.29, 1.82) is 0 Å². The Kier molecular flexibility index (Phi) is 41.9. The second-order valence-corrected chi connectivity index (χ2v) is 40.6. The van der Waals surface area contributed by atoms with Gasteiger partial charge in [-0.05, 0) is 111 Å². The van der Waals surface area contributed by atoms with Crippen LogP contribution in [0.1, 0.15) is 339 Å². The van der Waals surface area contributed by atoms with Gasteiger partial charge in [0.1, 0.15) is 34.5 Å². The zero-order valence-corrected chi connectivity index (χ0v) is 76.2. The summed E-state index contributed by atoms with van der Waals surface area (Å²) in [4.78, 5) is -4.19. The number of hydrogen-bond acceptors (Lipinski definition) is 18. The maximum atomic E-state index is 14.1. The van der Waals surface area contributed by atoms with E-state index >= 15 is 0 Å². The van der Waals surface area contributed by atoms with Crippen LogP contribution >= 0.6 is 0 Å². The van der Waals surface area contributed by atoms with Gasteiger partial charge in [-0.3, -0.25) is 27.3 Å². The third-order valence-corrected chi connectivity index (χ3v) is 26.8. The lowest BCUT2D eigenvalue weighted by Gasteiger charge is -2.24. The molecule has 0 saturated carbocycles. The van der Waals surface area contributed by atoms with Crippen LogP contribution in [0, 0.1) is 0 Å². The highest BCUT2D eigenvalue weighted by Crippen LogP contribution is 2.45. The molecule has 0 aliphatic heterocycles. The third-order valence-electron chi connectivity index (χ3n) is 21.8. The monoisotopic (exact) mass is 1790 g/mol. The van der Waals surface area contributed by atoms with Crippen LogP contribution in [0.25, 0.3) is 0 Å². The van der Waals surface area contributed by atoms with Crippen molar-refractivity contribution in [3.05, 3.63) is 140 Å². The molecule has 12 bridgehead atoms. The summed E-state index contributed by atoms with van der Waals surface area (Å²) in [7, 11) is -31.5. The lowest BCUT2D eigenvalue weighted by Crippen LogP contribution is -2.14. The van der Waals surface area contributed by atoms with Gasteiger partial charge in [0.05, 0.1) is 69.0 Å². The minimum absolute atomic E-state index is 0.00883. The fourth-order valence-electron chi connectivity index (χ4n) is 15.5. The van der Waals surface area contributed by atoms with Gasteiger partial charge < -0.3 is 28.4 Å². The lowest BCUT2D eigenvalue weighted by molar-refractivity contribution is 0.292. The van der Waals surface area contributed by atoms with Crippen molar-refractivity contribution in [3.8, 4) is 34.5 Å². The van der Waals surface area contributed by atoms with Crippen LogP contribution in [0.4, 0.5) is 0 Å². The van der Waals surface area contributed by atoms with E-state index in [2.05, 4.69) is 41.5 Å². The molecule has 0 unspecified atom stereocenters. The maximum Gasteiger partial charge on any atom is 0.294 e. The van der Waals surface area contributed by atoms with E-state index in [0.29, 0.717) is 77.0 Å². The molecule has 0 aromatic heterocycles. The van der Waals surface area contributed by atoms with Crippen LogP contribution < -0.4 is 28.4 Å². The van der Waals surface area contributed by atoms with Crippen LogP contribution in [0.15, 0.2) is 102 Å². The highest BCUT2D eigenvalue weighted by atomic mass is 32.2. The van der Waals surface area contributed by atoms with E-state index in [1.807, 2.05) is 0 Å². The second-order valence-electron chi connectivity index (χ2n) is 32.0. The highest BCUT2D eigenvalue weighted by molar-refractivity contribution is 7.87. The van der Waals surface area contributed by atoms with Gasteiger partial charge in [0.25, 0.3) is 60.7 Å². The first-order chi connectivity index (χ1) is 57.1. The van der Waals surface area contributed by atoms with E-state index in [1.54, 1.807) is 0 Å². The Balaban J connectivity index is 1.74. The Morgan fingerprint density at radius 1 is 0.183 bits per heavy atom. The van der Waals surface area contributed by atoms with Crippen molar-refractivity contribution in [2.45, 2.75) is 341 Å². The van der Waals surface area contributed by atoms with Crippen molar-refractivity contribution in [1.82, 2.24) is 0 Å². The molecule has 1 aliphatic rings. The molecule has 0 amide bonds. The number of fused-ring (bicyclic) bond motifs is 12. The molecule has 6 N–H and O–H groups in total. The molecule has 0 heterocycles. The number of benzene rings is 6. The molecule has 120 heavy (non-hydrogen) atoms. The number of ether oxygens (including phenoxy) is 6. The molecular formula is C90H132O24S6. The number of hydrogen-bond donors (Lipinski definition) is 6. The molecule has 0 radical (unpaired) electrons. The Morgan fingerprint density at radius 2 is 0.283 bits per heavy atom. The van der Waals surface area contributed by atoms with Gasteiger partial charge in [-0.1, -0.05) is 234 Å². The van der Waals surface area contributed by atoms with Gasteiger partial charge in [0.2, 0.25) is 0 Å². The van der Waals surface area contributed by atoms with Crippen LogP contribution in [0.2, 0.25) is 0 Å². The van der Waals surface area contributed by atoms with E-state index in [9.17, 15) is 77.8 Å². The summed E-state index contributed by atoms with van der Waals surface area (Å²) in [5.74, 6) is -0.115. The zero-order valence-electron chi connectivity index (χ0n) is 71.4. The lowest BCUT2D eigenvalue weighted by atomic mass is 9.91. The van der Waals surface area contributed by atoms with Gasteiger partial charge in [-0.15, -0.1) is 0 Å². The molecule has 1 aliphatic carbocycles. The molecule has 0 atom stereocenters. The number of unbranched alkanes of at least 4 members (excludes halogenated alkanes) is 30. The summed E-state index contributed by atoms with van der Waals surface area (Å²) in [5, 5.41) is 0. The first-order valence-electron chi connectivity index (χ1n) is 43.7. The average molecular weight is 1790 g/mol. The molecular weight excluding hydrogens is 1660 g/mol. The largest absolute Gasteiger partial charge is 0.493 e. The summed E-state index contributed by atoms with van der Waals surface area (Å²) < 4.78 is 278. The van der Waals surface area contributed by atoms with Crippen molar-refractivity contribution < 1.29 is 106 Å². The zero-order chi connectivity index (χ0) is 87.5. The first-order valence-corrected chi connectivity index (χ1v) is 52.3. The molecule has 6 aromatic carbocycles. The van der Waals surface area contributed by atoms with E-state index in [0.717, 1.165) is 227 Å². The van der Waals surface area contributed by atoms with E-state index in [1.165, 1.54) is 0 Å². The van der Waals surface area contributed by atoms with Crippen LogP contribution in [0.3, 0.4) is 0 Å². The third kappa shape index (κ3) is 32.9. The summed E-state index contributed by atoms with van der Waals surface area (Å²) in [6, 6.07) is 13.7. The summed E-state index contributed by atoms with van der Waals surface area (Å²) >= 11 is 0. The SMILES string of the molecule is CCCCCCCCOc1c2cc(S(=O)(=O)O)cc1Cc1cc(S(=O)(=O)O)cc(c1OCCCCCCCC)Cc1cc(S(=O)(=O)O)cc(c1OCCCCCCCC)Cc1cc(S(=O)(=O)O)cc(c1OCCCCCCCC)Cc1cc(S(=O)(=O)O)cc(c1OCCCCCCCC)Cc1cc(S(=O)(=O)O)cc(c1OCCCCCCCC)C2. The topological polar surface area (TPSA) is 382 Å². The van der Waals surface area contributed by atoms with Gasteiger partial charge in [0, 0.05) is 105 Å². The number of rotatable bonds is 54. The van der Waals surface area contributed by atoms with E-state index in [-0.39, 0.29) is 141 Å². The van der Waals surface area contributed by atoms with E-state index in [4.69, 9.17) is 28.4 Å². The van der Waals surface area contributed by atoms with Crippen molar-refractivity contribution in [2.24, 2.45) is 0 Å². The summed E-state index contributed by atoms with van der Waals surface area (Å²) in [5.41, 5.74) is -0.106. The predicted molar refractivity (Wildman–Crippen MR) is 468 cm³/mol. The standard InChI is InChI=1S/C90H132O24S6/c1-7-13-19-25-31-37-43-109-85-67-49-69-57-80(116(94,95)96)59-71(86(69)110-44-38-32-26-20-14-8-2)51-73-61-82(118(100,101)102)63-75(88(73)112-46-40-34-28-22-16-10-4)53-77-65-84(120(106,107)108)66-78(90(77)114-48-42-36-30-24-18-12-6)54-76-64-83(119(103,104)105)62-74(89(76)113-47-41-35-29-23-17-11-5)52-72-60-81(117(97,98)99)58-70(50-68(85)56-79(55-67)115(91,92)93)87(72)111-45-39-33-27-21-15-9-3/h55-66H,7-54H2,1-6H3,(H,91,92,93)(H,94,95,96)(H,97,98,99)(H,100,101,102)(H,103,104,105)(H,106,107,108). The Bertz CT molecular complexity index is 4040. The first kappa shape index (κ1) is 101. The molecule has 6 aromatic rings. The van der Waals surface area contributed by atoms with Crippen LogP contribution in [-0.2, 0) is 99.2 Å². The molecule has 672 valence electrons. The Labute approximate surface area is 716 Å². The van der Waals surface area contributed by atoms with Gasteiger partial charge in [-0.2, -0.15) is 50.5 Å². The molecule has 24 nitrogen and oxygen atoms in total. The van der Waals surface area contributed by atoms with Crippen molar-refractivity contribution in [2.75, 3.05) is 39.6 Å². The fourth-order valence-corrected chi connectivity index (χ4v) is 19.0. The Hall–Kier alpha value is -6.42. The molecule has 0 saturated heterocycles. The van der Waals surface area contributed by atoms with Crippen molar-refractivity contribution >= 4 is 60.7 Å². The normalized spacial score (nSPS) is 13.1. The van der Waals surface area contributed by atoms with Gasteiger partial charge in [0.15, 0.2) is 0 Å². The highest BCUT2D eigenvalue weighted by Gasteiger charge is 2.32. The van der Waals surface area contributed by atoms with E-state index < -0.39 is 129 Å². The maximum absolute atomic E-state index is 14.1. The van der Waals surface area contributed by atoms with Gasteiger partial charge in [-0.25, -0.2) is 0 Å². The predicted octanol–water partition coefficient (Wildman–Crippen LogP) is 21.5. The minimum Gasteiger partial charge on any atom is -0.493 e. The smallest absolute Gasteiger partial charge is 0.294 e. The quantitative estimate of drug-likeness (QED) is 0.0152. The minimum atomic E-state index is -5.25. The second kappa shape index (κ2) is 49.9. The van der Waals surface area contributed by atoms with Crippen LogP contribution in [-0.4, -0.2) is 117 Å². The average Bonchev–Trinajstić information content (AvgIpc) is 0.765. The fraction of sp³-hybridized carbons (Fsp3) is 0.600. The van der Waals surface area contributed by atoms with Gasteiger partial charge >= 0.3 is 0 Å². The van der Waals surface area contributed by atoms with Crippen LogP contribution in [0.5, 0.6) is 34.5 Å². The van der Waals surface area contributed by atoms with Crippen molar-refractivity contribution in [3.63, 3.8) is 0 Å². The Morgan fingerprint density at radius 3 is 0.383 bits per heavy atom. The molecule has 7 rings (SSSR count). The molecule has 0 spiro atoms. The summed E-state index contributed by atoms with van der Waals surface area (Å²) in [6.07, 6.45) is 25.8. The molecule has 0 fully saturated rings.